The smallest absolute Gasteiger partial charge is 0.183 e. The van der Waals surface area contributed by atoms with Crippen molar-refractivity contribution in [2.24, 2.45) is 16.7 Å². The molecule has 2 aromatic heterocycles. The predicted molar refractivity (Wildman–Crippen MR) is 128 cm³/mol. The van der Waals surface area contributed by atoms with Crippen LogP contribution in [0.25, 0.3) is 11.2 Å². The van der Waals surface area contributed by atoms with Gasteiger partial charge in [0.25, 0.3) is 0 Å². The third-order valence-electron chi connectivity index (χ3n) is 9.55. The zero-order valence-electron chi connectivity index (χ0n) is 20.5. The zero-order chi connectivity index (χ0) is 23.8. The standard InChI is InChI=1S/C26H35N5O3/c1-18-7-9-25(4)19(6-5-8-26(25)33-14-15-34-26)24(18,3)11-10-23(2)12-13-30-17-29-21-20(30)22(31(23)32)28-16-27-21/h10-11,16-17,19,32H,1,5-9,12-15H2,2-4H3/b11-10+/t19-,23+,24+,25-/m1/s1. The summed E-state index contributed by atoms with van der Waals surface area (Å²) in [4.78, 5) is 13.0. The number of allylic oxidation sites excluding steroid dienone is 2. The molecule has 2 aliphatic heterocycles. The lowest BCUT2D eigenvalue weighted by Crippen LogP contribution is -2.60. The van der Waals surface area contributed by atoms with E-state index in [0.717, 1.165) is 44.2 Å². The third kappa shape index (κ3) is 2.85. The van der Waals surface area contributed by atoms with Crippen LogP contribution in [0.4, 0.5) is 5.82 Å². The summed E-state index contributed by atoms with van der Waals surface area (Å²) in [7, 11) is 0. The normalized spacial score (nSPS) is 37.5. The highest BCUT2D eigenvalue weighted by Crippen LogP contribution is 2.65. The van der Waals surface area contributed by atoms with Gasteiger partial charge in [-0.2, -0.15) is 0 Å². The van der Waals surface area contributed by atoms with Gasteiger partial charge in [-0.3, -0.25) is 5.21 Å². The number of rotatable bonds is 2. The number of imidazole rings is 1. The molecule has 0 aromatic carbocycles. The Balaban J connectivity index is 1.37. The fourth-order valence-electron chi connectivity index (χ4n) is 7.24. The molecule has 6 rings (SSSR count). The van der Waals surface area contributed by atoms with Gasteiger partial charge in [0.15, 0.2) is 17.3 Å². The molecule has 1 saturated heterocycles. The lowest BCUT2D eigenvalue weighted by atomic mass is 9.47. The van der Waals surface area contributed by atoms with Crippen molar-refractivity contribution in [3.05, 3.63) is 37.0 Å². The molecular formula is C26H35N5O3. The van der Waals surface area contributed by atoms with E-state index in [0.29, 0.717) is 37.0 Å². The van der Waals surface area contributed by atoms with Gasteiger partial charge in [-0.25, -0.2) is 20.0 Å². The molecule has 1 spiro atoms. The van der Waals surface area contributed by atoms with E-state index in [1.807, 2.05) is 4.57 Å². The molecule has 1 N–H and O–H groups in total. The van der Waals surface area contributed by atoms with Gasteiger partial charge >= 0.3 is 0 Å². The number of nitrogens with zero attached hydrogens (tertiary/aromatic N) is 5. The van der Waals surface area contributed by atoms with Crippen LogP contribution in [0.5, 0.6) is 0 Å². The summed E-state index contributed by atoms with van der Waals surface area (Å²) in [6.07, 6.45) is 13.6. The minimum atomic E-state index is -0.635. The van der Waals surface area contributed by atoms with E-state index in [-0.39, 0.29) is 10.8 Å². The van der Waals surface area contributed by atoms with E-state index >= 15 is 0 Å². The number of hydrogen-bond donors (Lipinski definition) is 1. The van der Waals surface area contributed by atoms with E-state index in [9.17, 15) is 5.21 Å². The Hall–Kier alpha value is -2.29. The number of hydroxylamine groups is 1. The number of hydrogen-bond acceptors (Lipinski definition) is 7. The van der Waals surface area contributed by atoms with E-state index in [1.165, 1.54) is 17.0 Å². The molecule has 0 unspecified atom stereocenters. The Morgan fingerprint density at radius 3 is 2.68 bits per heavy atom. The van der Waals surface area contributed by atoms with Gasteiger partial charge in [0.05, 0.1) is 25.1 Å². The van der Waals surface area contributed by atoms with Crippen LogP contribution >= 0.6 is 0 Å². The summed E-state index contributed by atoms with van der Waals surface area (Å²) in [5, 5.41) is 12.7. The molecule has 0 radical (unpaired) electrons. The first-order chi connectivity index (χ1) is 16.2. The van der Waals surface area contributed by atoms with E-state index < -0.39 is 11.3 Å². The molecule has 2 aromatic rings. The summed E-state index contributed by atoms with van der Waals surface area (Å²) in [6.45, 7) is 13.4. The Labute approximate surface area is 200 Å². The summed E-state index contributed by atoms with van der Waals surface area (Å²) >= 11 is 0. The van der Waals surface area contributed by atoms with E-state index in [1.54, 1.807) is 6.33 Å². The highest BCUT2D eigenvalue weighted by molar-refractivity contribution is 5.83. The number of fused-ring (bicyclic) bond motifs is 2. The van der Waals surface area contributed by atoms with Crippen molar-refractivity contribution in [3.8, 4) is 0 Å². The monoisotopic (exact) mass is 465 g/mol. The molecule has 4 atom stereocenters. The largest absolute Gasteiger partial charge is 0.347 e. The molecule has 0 bridgehead atoms. The van der Waals surface area contributed by atoms with Crippen LogP contribution in [0.1, 0.15) is 59.3 Å². The first-order valence-electron chi connectivity index (χ1n) is 12.5. The molecule has 8 heteroatoms. The Morgan fingerprint density at radius 1 is 1.09 bits per heavy atom. The van der Waals surface area contributed by atoms with Gasteiger partial charge in [0.1, 0.15) is 11.8 Å². The molecular weight excluding hydrogens is 430 g/mol. The summed E-state index contributed by atoms with van der Waals surface area (Å²) in [6, 6.07) is 0. The number of ether oxygens (including phenoxy) is 2. The highest BCUT2D eigenvalue weighted by atomic mass is 16.7. The summed E-state index contributed by atoms with van der Waals surface area (Å²) in [5.41, 5.74) is 1.70. The van der Waals surface area contributed by atoms with Crippen molar-refractivity contribution in [2.75, 3.05) is 18.3 Å². The summed E-state index contributed by atoms with van der Waals surface area (Å²) < 4.78 is 14.7. The van der Waals surface area contributed by atoms with E-state index in [4.69, 9.17) is 9.47 Å². The van der Waals surface area contributed by atoms with Crippen LogP contribution in [0.15, 0.2) is 37.0 Å². The van der Waals surface area contributed by atoms with Gasteiger partial charge in [-0.05, 0) is 44.9 Å². The van der Waals surface area contributed by atoms with Gasteiger partial charge in [0.2, 0.25) is 0 Å². The Bertz CT molecular complexity index is 1170. The Kier molecular flexibility index (Phi) is 4.80. The molecule has 3 fully saturated rings. The average Bonchev–Trinajstić information content (AvgIpc) is 3.46. The lowest BCUT2D eigenvalue weighted by Gasteiger charge is -2.61. The number of aromatic nitrogens is 4. The van der Waals surface area contributed by atoms with Crippen LogP contribution in [0, 0.1) is 16.7 Å². The summed E-state index contributed by atoms with van der Waals surface area (Å²) in [5.74, 6) is 0.368. The second-order valence-corrected chi connectivity index (χ2v) is 11.3. The highest BCUT2D eigenvalue weighted by Gasteiger charge is 2.63. The molecule has 4 aliphatic rings. The fourth-order valence-corrected chi connectivity index (χ4v) is 7.24. The van der Waals surface area contributed by atoms with Crippen LogP contribution in [-0.2, 0) is 16.0 Å². The maximum absolute atomic E-state index is 11.4. The minimum absolute atomic E-state index is 0.0753. The van der Waals surface area contributed by atoms with Crippen LogP contribution < -0.4 is 5.06 Å². The maximum Gasteiger partial charge on any atom is 0.183 e. The molecule has 2 saturated carbocycles. The van der Waals surface area contributed by atoms with Crippen molar-refractivity contribution in [3.63, 3.8) is 0 Å². The van der Waals surface area contributed by atoms with Crippen molar-refractivity contribution in [1.82, 2.24) is 19.5 Å². The van der Waals surface area contributed by atoms with Crippen LogP contribution in [-0.4, -0.2) is 49.3 Å². The van der Waals surface area contributed by atoms with Gasteiger partial charge < -0.3 is 14.0 Å². The van der Waals surface area contributed by atoms with Gasteiger partial charge in [0, 0.05) is 23.8 Å². The van der Waals surface area contributed by atoms with Crippen LogP contribution in [0.2, 0.25) is 0 Å². The second kappa shape index (κ2) is 7.35. The SMILES string of the molecule is C=C1CC[C@]2(C)[C@H](CCCC23OCCO3)[C@@]1(C)/C=C/[C@@]1(C)CCn2cnc3ncnc(c32)N1O. The number of aryl methyl sites for hydroxylation is 1. The first kappa shape index (κ1) is 22.2. The van der Waals surface area contributed by atoms with Crippen molar-refractivity contribution in [2.45, 2.75) is 77.2 Å². The van der Waals surface area contributed by atoms with Gasteiger partial charge in [-0.1, -0.05) is 38.2 Å². The maximum atomic E-state index is 11.4. The van der Waals surface area contributed by atoms with Crippen molar-refractivity contribution >= 4 is 17.0 Å². The molecule has 8 nitrogen and oxygen atoms in total. The van der Waals surface area contributed by atoms with Gasteiger partial charge in [-0.15, -0.1) is 0 Å². The van der Waals surface area contributed by atoms with Crippen LogP contribution in [0.3, 0.4) is 0 Å². The first-order valence-corrected chi connectivity index (χ1v) is 12.5. The average molecular weight is 466 g/mol. The minimum Gasteiger partial charge on any atom is -0.347 e. The predicted octanol–water partition coefficient (Wildman–Crippen LogP) is 4.65. The Morgan fingerprint density at radius 2 is 1.88 bits per heavy atom. The third-order valence-corrected chi connectivity index (χ3v) is 9.55. The number of anilines is 1. The zero-order valence-corrected chi connectivity index (χ0v) is 20.5. The quantitative estimate of drug-likeness (QED) is 0.646. The second-order valence-electron chi connectivity index (χ2n) is 11.3. The van der Waals surface area contributed by atoms with Crippen molar-refractivity contribution in [1.29, 1.82) is 0 Å². The molecule has 182 valence electrons. The molecule has 4 heterocycles. The van der Waals surface area contributed by atoms with Crippen molar-refractivity contribution < 1.29 is 14.7 Å². The molecule has 2 aliphatic carbocycles. The topological polar surface area (TPSA) is 85.5 Å². The molecule has 0 amide bonds. The van der Waals surface area contributed by atoms with E-state index in [2.05, 4.69) is 54.5 Å². The molecule has 34 heavy (non-hydrogen) atoms. The fraction of sp³-hybridized carbons (Fsp3) is 0.654. The lowest BCUT2D eigenvalue weighted by molar-refractivity contribution is -0.282.